The molecule has 0 spiro atoms. The summed E-state index contributed by atoms with van der Waals surface area (Å²) >= 11 is 5.93. The fourth-order valence-corrected chi connectivity index (χ4v) is 3.23. The van der Waals surface area contributed by atoms with Crippen molar-refractivity contribution in [3.8, 4) is 0 Å². The molecule has 1 aliphatic rings. The van der Waals surface area contributed by atoms with Crippen molar-refractivity contribution in [1.29, 1.82) is 0 Å². The molecule has 1 heterocycles. The summed E-state index contributed by atoms with van der Waals surface area (Å²) in [4.78, 5) is 26.9. The first-order valence-electron chi connectivity index (χ1n) is 7.32. The van der Waals surface area contributed by atoms with Gasteiger partial charge in [0.05, 0.1) is 11.5 Å². The Kier molecular flexibility index (Phi) is 5.79. The second kappa shape index (κ2) is 7.26. The minimum atomic E-state index is -1.26. The molecule has 7 heteroatoms. The molecule has 2 N–H and O–H groups in total. The van der Waals surface area contributed by atoms with Crippen molar-refractivity contribution in [1.82, 2.24) is 10.3 Å². The molecule has 1 amide bonds. The van der Waals surface area contributed by atoms with Gasteiger partial charge < -0.3 is 20.2 Å². The Labute approximate surface area is 161 Å². The molecular weight excluding hydrogens is 327 g/mol. The molecule has 1 aromatic carbocycles. The van der Waals surface area contributed by atoms with Crippen molar-refractivity contribution in [2.45, 2.75) is 37.6 Å². The molecule has 0 bridgehead atoms. The average Bonchev–Trinajstić information content (AvgIpc) is 2.91. The maximum atomic E-state index is 12.4. The normalized spacial score (nSPS) is 16.6. The minimum absolute atomic E-state index is 0. The number of carbonyl (C=O) groups is 2. The number of nitrogens with one attached hydrogen (secondary N) is 2. The second-order valence-corrected chi connectivity index (χ2v) is 6.24. The quantitative estimate of drug-likeness (QED) is 0.702. The third kappa shape index (κ3) is 3.74. The molecule has 0 saturated heterocycles. The van der Waals surface area contributed by atoms with Crippen LogP contribution in [0.15, 0.2) is 24.3 Å². The first kappa shape index (κ1) is 18.3. The Morgan fingerprint density at radius 3 is 2.52 bits per heavy atom. The molecule has 1 aromatic heterocycles. The van der Waals surface area contributed by atoms with Crippen LogP contribution in [0.4, 0.5) is 0 Å². The predicted octanol–water partition coefficient (Wildman–Crippen LogP) is -0.992. The molecule has 1 aliphatic carbocycles. The Morgan fingerprint density at radius 2 is 1.87 bits per heavy atom. The number of hydrogen-bond acceptors (Lipinski definition) is 3. The van der Waals surface area contributed by atoms with E-state index < -0.39 is 17.4 Å². The van der Waals surface area contributed by atoms with Gasteiger partial charge in [-0.2, -0.15) is 0 Å². The van der Waals surface area contributed by atoms with Gasteiger partial charge in [0.2, 0.25) is 0 Å². The van der Waals surface area contributed by atoms with E-state index in [0.29, 0.717) is 23.6 Å². The summed E-state index contributed by atoms with van der Waals surface area (Å²) < 4.78 is 0. The van der Waals surface area contributed by atoms with Crippen LogP contribution in [0, 0.1) is 0 Å². The van der Waals surface area contributed by atoms with Gasteiger partial charge in [0.1, 0.15) is 5.69 Å². The summed E-state index contributed by atoms with van der Waals surface area (Å²) in [6.45, 7) is 0. The maximum absolute atomic E-state index is 12.4. The molecule has 5 nitrogen and oxygen atoms in total. The van der Waals surface area contributed by atoms with Gasteiger partial charge >= 0.3 is 29.6 Å². The molecule has 116 valence electrons. The number of hydrogen-bond donors (Lipinski definition) is 2. The smallest absolute Gasteiger partial charge is 0.548 e. The summed E-state index contributed by atoms with van der Waals surface area (Å²) in [5.41, 5.74) is -0.159. The summed E-state index contributed by atoms with van der Waals surface area (Å²) in [6, 6.07) is 6.93. The number of carbonyl (C=O) groups excluding carboxylic acids is 2. The number of aromatic amines is 1. The SMILES string of the molecule is O=C(NC1(C(=O)[O-])CCCCC1)c1cc2cc(Cl)ccc2[nH]1.[Na+]. The van der Waals surface area contributed by atoms with Crippen LogP contribution < -0.4 is 40.0 Å². The van der Waals surface area contributed by atoms with Crippen LogP contribution in [0.2, 0.25) is 5.02 Å². The molecule has 0 radical (unpaired) electrons. The largest absolute Gasteiger partial charge is 1.00 e. The van der Waals surface area contributed by atoms with Crippen molar-refractivity contribution >= 4 is 34.4 Å². The number of carboxylic acid groups (broad SMARTS) is 1. The van der Waals surface area contributed by atoms with Gasteiger partial charge in [-0.3, -0.25) is 4.79 Å². The number of amides is 1. The van der Waals surface area contributed by atoms with Crippen LogP contribution in [-0.4, -0.2) is 22.4 Å². The van der Waals surface area contributed by atoms with Crippen LogP contribution in [0.1, 0.15) is 42.6 Å². The molecule has 1 saturated carbocycles. The van der Waals surface area contributed by atoms with E-state index in [-0.39, 0.29) is 29.6 Å². The zero-order chi connectivity index (χ0) is 15.7. The first-order valence-corrected chi connectivity index (χ1v) is 7.70. The minimum Gasteiger partial charge on any atom is -0.548 e. The molecular formula is C16H16ClN2NaO3. The van der Waals surface area contributed by atoms with E-state index in [1.165, 1.54) is 0 Å². The molecule has 0 atom stereocenters. The third-order valence-electron chi connectivity index (χ3n) is 4.28. The van der Waals surface area contributed by atoms with Gasteiger partial charge in [-0.05, 0) is 37.1 Å². The number of H-pyrrole nitrogens is 1. The standard InChI is InChI=1S/C16H17ClN2O3.Na/c17-11-4-5-12-10(8-11)9-13(18-12)14(20)19-16(15(21)22)6-2-1-3-7-16;/h4-5,8-9,18H,1-3,6-7H2,(H,19,20)(H,21,22);/q;+1/p-1. The van der Waals surface area contributed by atoms with Crippen molar-refractivity contribution in [2.24, 2.45) is 0 Å². The average molecular weight is 343 g/mol. The van der Waals surface area contributed by atoms with Crippen LogP contribution in [0.3, 0.4) is 0 Å². The second-order valence-electron chi connectivity index (χ2n) is 5.80. The Bertz CT molecular complexity index is 738. The van der Waals surface area contributed by atoms with Crippen molar-refractivity contribution in [2.75, 3.05) is 0 Å². The van der Waals surface area contributed by atoms with E-state index in [0.717, 1.165) is 30.2 Å². The topological polar surface area (TPSA) is 85.0 Å². The number of halogens is 1. The third-order valence-corrected chi connectivity index (χ3v) is 4.51. The van der Waals surface area contributed by atoms with Crippen LogP contribution in [0.5, 0.6) is 0 Å². The van der Waals surface area contributed by atoms with Gasteiger partial charge in [0.25, 0.3) is 5.91 Å². The van der Waals surface area contributed by atoms with E-state index in [2.05, 4.69) is 10.3 Å². The number of carboxylic acids is 1. The van der Waals surface area contributed by atoms with E-state index in [4.69, 9.17) is 11.6 Å². The summed E-state index contributed by atoms with van der Waals surface area (Å²) in [5.74, 6) is -1.64. The van der Waals surface area contributed by atoms with Crippen molar-refractivity contribution in [3.05, 3.63) is 35.0 Å². The van der Waals surface area contributed by atoms with Gasteiger partial charge in [-0.15, -0.1) is 0 Å². The molecule has 3 rings (SSSR count). The Balaban J connectivity index is 0.00000192. The fourth-order valence-electron chi connectivity index (χ4n) is 3.05. The molecule has 1 fully saturated rings. The van der Waals surface area contributed by atoms with E-state index in [1.54, 1.807) is 24.3 Å². The summed E-state index contributed by atoms with van der Waals surface area (Å²) in [6.07, 6.45) is 3.35. The van der Waals surface area contributed by atoms with E-state index >= 15 is 0 Å². The van der Waals surface area contributed by atoms with Crippen LogP contribution in [-0.2, 0) is 4.79 Å². The first-order chi connectivity index (χ1) is 10.5. The Hall–Kier alpha value is -1.01. The van der Waals surface area contributed by atoms with Crippen LogP contribution in [0.25, 0.3) is 10.9 Å². The summed E-state index contributed by atoms with van der Waals surface area (Å²) in [7, 11) is 0. The molecule has 2 aromatic rings. The number of fused-ring (bicyclic) bond motifs is 1. The molecule has 0 unspecified atom stereocenters. The molecule has 23 heavy (non-hydrogen) atoms. The van der Waals surface area contributed by atoms with Crippen LogP contribution >= 0.6 is 11.6 Å². The van der Waals surface area contributed by atoms with E-state index in [9.17, 15) is 14.7 Å². The van der Waals surface area contributed by atoms with Gasteiger partial charge in [-0.25, -0.2) is 0 Å². The zero-order valence-corrected chi connectivity index (χ0v) is 15.7. The van der Waals surface area contributed by atoms with Gasteiger partial charge in [-0.1, -0.05) is 30.9 Å². The monoisotopic (exact) mass is 342 g/mol. The van der Waals surface area contributed by atoms with Crippen molar-refractivity contribution in [3.63, 3.8) is 0 Å². The van der Waals surface area contributed by atoms with Crippen molar-refractivity contribution < 1.29 is 44.3 Å². The number of aromatic nitrogens is 1. The Morgan fingerprint density at radius 1 is 1.17 bits per heavy atom. The summed E-state index contributed by atoms with van der Waals surface area (Å²) in [5, 5.41) is 15.6. The maximum Gasteiger partial charge on any atom is 1.00 e. The number of benzene rings is 1. The zero-order valence-electron chi connectivity index (χ0n) is 12.9. The van der Waals surface area contributed by atoms with Gasteiger partial charge in [0.15, 0.2) is 0 Å². The van der Waals surface area contributed by atoms with Gasteiger partial charge in [0, 0.05) is 15.9 Å². The molecule has 0 aliphatic heterocycles. The fraction of sp³-hybridized carbons (Fsp3) is 0.375. The van der Waals surface area contributed by atoms with E-state index in [1.807, 2.05) is 0 Å². The predicted molar refractivity (Wildman–Crippen MR) is 81.6 cm³/mol. The number of aliphatic carboxylic acids is 1. The number of rotatable bonds is 3.